The van der Waals surface area contributed by atoms with Crippen molar-refractivity contribution < 1.29 is 36.7 Å². The molecule has 0 bridgehead atoms. The number of benzene rings is 3. The van der Waals surface area contributed by atoms with Crippen molar-refractivity contribution in [1.29, 1.82) is 0 Å². The largest absolute Gasteiger partial charge is 0.489 e. The zero-order valence-electron chi connectivity index (χ0n) is 19.8. The Bertz CT molecular complexity index is 1470. The van der Waals surface area contributed by atoms with Crippen LogP contribution in [0.25, 0.3) is 11.0 Å². The summed E-state index contributed by atoms with van der Waals surface area (Å²) in [6.07, 6.45) is -2.79. The van der Waals surface area contributed by atoms with Crippen LogP contribution in [0.3, 0.4) is 0 Å². The number of rotatable bonds is 7. The predicted octanol–water partition coefficient (Wildman–Crippen LogP) is 6.30. The van der Waals surface area contributed by atoms with Gasteiger partial charge in [-0.3, -0.25) is 9.59 Å². The van der Waals surface area contributed by atoms with Crippen molar-refractivity contribution in [2.45, 2.75) is 32.7 Å². The summed E-state index contributed by atoms with van der Waals surface area (Å²) in [6.45, 7) is 2.45. The van der Waals surface area contributed by atoms with Gasteiger partial charge in [-0.05, 0) is 55.0 Å². The Kier molecular flexibility index (Phi) is 6.37. The van der Waals surface area contributed by atoms with Gasteiger partial charge in [-0.2, -0.15) is 13.2 Å². The molecule has 0 saturated heterocycles. The molecule has 0 saturated carbocycles. The highest BCUT2D eigenvalue weighted by atomic mass is 19.4. The lowest BCUT2D eigenvalue weighted by atomic mass is 10.1. The molecule has 0 radical (unpaired) electrons. The van der Waals surface area contributed by atoms with E-state index in [0.29, 0.717) is 34.8 Å². The van der Waals surface area contributed by atoms with Gasteiger partial charge in [0.05, 0.1) is 31.4 Å². The monoisotopic (exact) mass is 509 g/mol. The third-order valence-corrected chi connectivity index (χ3v) is 6.19. The minimum atomic E-state index is -4.45. The highest BCUT2D eigenvalue weighted by molar-refractivity contribution is 6.10. The van der Waals surface area contributed by atoms with Crippen LogP contribution >= 0.6 is 0 Å². The summed E-state index contributed by atoms with van der Waals surface area (Å²) in [7, 11) is 0. The Balaban J connectivity index is 1.31. The molecule has 37 heavy (non-hydrogen) atoms. The molecule has 0 atom stereocenters. The van der Waals surface area contributed by atoms with Crippen LogP contribution in [-0.4, -0.2) is 18.5 Å². The number of anilines is 1. The molecule has 0 aliphatic carbocycles. The quantitative estimate of drug-likeness (QED) is 0.274. The van der Waals surface area contributed by atoms with E-state index < -0.39 is 11.7 Å². The van der Waals surface area contributed by atoms with Crippen molar-refractivity contribution >= 4 is 28.5 Å². The summed E-state index contributed by atoms with van der Waals surface area (Å²) in [5.74, 6) is -0.107. The van der Waals surface area contributed by atoms with Gasteiger partial charge < -0.3 is 18.8 Å². The summed E-state index contributed by atoms with van der Waals surface area (Å²) in [4.78, 5) is 26.2. The third kappa shape index (κ3) is 4.89. The van der Waals surface area contributed by atoms with Crippen molar-refractivity contribution in [3.05, 3.63) is 94.7 Å². The molecule has 4 aromatic rings. The van der Waals surface area contributed by atoms with Crippen molar-refractivity contribution in [3.8, 4) is 5.75 Å². The van der Waals surface area contributed by atoms with Crippen molar-refractivity contribution in [1.82, 2.24) is 0 Å². The number of nitrogens with zero attached hydrogens (tertiary/aromatic N) is 1. The van der Waals surface area contributed by atoms with Gasteiger partial charge in [0.15, 0.2) is 0 Å². The van der Waals surface area contributed by atoms with Gasteiger partial charge in [0, 0.05) is 27.8 Å². The fourth-order valence-corrected chi connectivity index (χ4v) is 4.36. The van der Waals surface area contributed by atoms with E-state index in [2.05, 4.69) is 0 Å². The molecule has 0 spiro atoms. The topological polar surface area (TPSA) is 69.0 Å². The lowest BCUT2D eigenvalue weighted by Crippen LogP contribution is -2.23. The van der Waals surface area contributed by atoms with Gasteiger partial charge in [0.2, 0.25) is 0 Å². The van der Waals surface area contributed by atoms with Crippen molar-refractivity contribution in [2.24, 2.45) is 0 Å². The number of carbonyl (C=O) groups excluding carboxylic acids is 2. The lowest BCUT2D eigenvalue weighted by molar-refractivity contribution is -0.142. The highest BCUT2D eigenvalue weighted by Gasteiger charge is 2.33. The molecule has 5 rings (SSSR count). The van der Waals surface area contributed by atoms with E-state index in [1.165, 1.54) is 23.3 Å². The molecule has 3 aromatic carbocycles. The number of esters is 1. The summed E-state index contributed by atoms with van der Waals surface area (Å²) in [5.41, 5.74) is 2.90. The van der Waals surface area contributed by atoms with E-state index in [1.807, 2.05) is 18.2 Å². The zero-order chi connectivity index (χ0) is 26.2. The fraction of sp³-hybridized carbons (Fsp3) is 0.214. The molecule has 1 aromatic heterocycles. The Morgan fingerprint density at radius 2 is 1.86 bits per heavy atom. The van der Waals surface area contributed by atoms with E-state index in [0.717, 1.165) is 28.6 Å². The molecule has 9 heteroatoms. The average molecular weight is 509 g/mol. The Hall–Kier alpha value is -4.27. The first-order valence-corrected chi connectivity index (χ1v) is 11.6. The SMILES string of the molecule is CCOC(=O)Cc1coc2cc(COc3cccc4c3CN(c3ccc(C(F)(F)F)cc3)C4=O)ccc12. The normalized spacial score (nSPS) is 13.2. The van der Waals surface area contributed by atoms with E-state index in [-0.39, 0.29) is 31.4 Å². The molecule has 2 heterocycles. The average Bonchev–Trinajstić information content (AvgIpc) is 3.43. The van der Waals surface area contributed by atoms with E-state index in [9.17, 15) is 22.8 Å². The van der Waals surface area contributed by atoms with Crippen LogP contribution in [0.15, 0.2) is 71.3 Å². The third-order valence-electron chi connectivity index (χ3n) is 6.19. The first-order valence-electron chi connectivity index (χ1n) is 11.6. The smallest absolute Gasteiger partial charge is 0.416 e. The number of hydrogen-bond acceptors (Lipinski definition) is 5. The molecular formula is C28H22F3NO5. The first-order chi connectivity index (χ1) is 17.7. The second kappa shape index (κ2) is 9.65. The number of amides is 1. The summed E-state index contributed by atoms with van der Waals surface area (Å²) < 4.78 is 55.4. The van der Waals surface area contributed by atoms with E-state index in [4.69, 9.17) is 13.9 Å². The lowest BCUT2D eigenvalue weighted by Gasteiger charge is -2.17. The number of fused-ring (bicyclic) bond motifs is 2. The van der Waals surface area contributed by atoms with Crippen molar-refractivity contribution in [3.63, 3.8) is 0 Å². The number of carbonyl (C=O) groups is 2. The summed E-state index contributed by atoms with van der Waals surface area (Å²) in [6, 6.07) is 15.2. The van der Waals surface area contributed by atoms with Gasteiger partial charge >= 0.3 is 12.1 Å². The van der Waals surface area contributed by atoms with E-state index >= 15 is 0 Å². The maximum atomic E-state index is 13.0. The van der Waals surface area contributed by atoms with Crippen LogP contribution in [0, 0.1) is 0 Å². The van der Waals surface area contributed by atoms with Crippen LogP contribution in [0.5, 0.6) is 5.75 Å². The Morgan fingerprint density at radius 3 is 2.59 bits per heavy atom. The van der Waals surface area contributed by atoms with E-state index in [1.54, 1.807) is 25.1 Å². The molecule has 1 aliphatic rings. The first kappa shape index (κ1) is 24.4. The van der Waals surface area contributed by atoms with Crippen LogP contribution in [-0.2, 0) is 35.3 Å². The number of hydrogen-bond donors (Lipinski definition) is 0. The number of halogens is 3. The summed E-state index contributed by atoms with van der Waals surface area (Å²) >= 11 is 0. The van der Waals surface area contributed by atoms with Gasteiger partial charge in [0.25, 0.3) is 5.91 Å². The standard InChI is InChI=1S/C28H22F3NO5/c1-2-35-26(33)13-18-16-37-25-12-17(6-11-21(18)25)15-36-24-5-3-4-22-23(24)14-32(27(22)34)20-9-7-19(8-10-20)28(29,30)31/h3-12,16H,2,13-15H2,1H3. The number of furan rings is 1. The molecule has 0 N–H and O–H groups in total. The van der Waals surface area contributed by atoms with Crippen LogP contribution in [0.4, 0.5) is 18.9 Å². The van der Waals surface area contributed by atoms with Gasteiger partial charge in [-0.1, -0.05) is 18.2 Å². The van der Waals surface area contributed by atoms with Crippen LogP contribution < -0.4 is 9.64 Å². The zero-order valence-corrected chi connectivity index (χ0v) is 19.8. The highest BCUT2D eigenvalue weighted by Crippen LogP contribution is 2.36. The molecule has 6 nitrogen and oxygen atoms in total. The molecule has 0 fully saturated rings. The second-order valence-electron chi connectivity index (χ2n) is 8.58. The van der Waals surface area contributed by atoms with Crippen LogP contribution in [0.2, 0.25) is 0 Å². The van der Waals surface area contributed by atoms with Gasteiger partial charge in [-0.15, -0.1) is 0 Å². The molecule has 190 valence electrons. The second-order valence-corrected chi connectivity index (χ2v) is 8.58. The maximum absolute atomic E-state index is 13.0. The molecular weight excluding hydrogens is 487 g/mol. The summed E-state index contributed by atoms with van der Waals surface area (Å²) in [5, 5.41) is 0.815. The molecule has 1 amide bonds. The Labute approximate surface area is 210 Å². The Morgan fingerprint density at radius 1 is 1.08 bits per heavy atom. The minimum Gasteiger partial charge on any atom is -0.489 e. The predicted molar refractivity (Wildman–Crippen MR) is 129 cm³/mol. The molecule has 1 aliphatic heterocycles. The molecule has 0 unspecified atom stereocenters. The van der Waals surface area contributed by atoms with Crippen LogP contribution in [0.1, 0.15) is 39.5 Å². The minimum absolute atomic E-state index is 0.121. The number of alkyl halides is 3. The maximum Gasteiger partial charge on any atom is 0.416 e. The number of ether oxygens (including phenoxy) is 2. The fourth-order valence-electron chi connectivity index (χ4n) is 4.36. The van der Waals surface area contributed by atoms with Gasteiger partial charge in [-0.25, -0.2) is 0 Å². The van der Waals surface area contributed by atoms with Crippen molar-refractivity contribution in [2.75, 3.05) is 11.5 Å². The van der Waals surface area contributed by atoms with Gasteiger partial charge in [0.1, 0.15) is 17.9 Å².